The maximum atomic E-state index is 12.2. The first-order chi connectivity index (χ1) is 9.65. The first-order valence-electron chi connectivity index (χ1n) is 6.52. The van der Waals surface area contributed by atoms with E-state index in [0.717, 1.165) is 11.3 Å². The van der Waals surface area contributed by atoms with Crippen LogP contribution in [0.15, 0.2) is 18.2 Å². The lowest BCUT2D eigenvalue weighted by atomic mass is 10.1. The molecule has 1 amide bonds. The van der Waals surface area contributed by atoms with E-state index in [1.54, 1.807) is 4.90 Å². The van der Waals surface area contributed by atoms with Crippen LogP contribution in [0.25, 0.3) is 0 Å². The molecule has 0 radical (unpaired) electrons. The molecule has 5 nitrogen and oxygen atoms in total. The highest BCUT2D eigenvalue weighted by Crippen LogP contribution is 2.32. The van der Waals surface area contributed by atoms with Crippen molar-refractivity contribution in [1.82, 2.24) is 4.90 Å². The van der Waals surface area contributed by atoms with E-state index >= 15 is 0 Å². The summed E-state index contributed by atoms with van der Waals surface area (Å²) in [5.41, 5.74) is 6.74. The predicted octanol–water partition coefficient (Wildman–Crippen LogP) is 1.11. The number of terminal acetylenes is 1. The van der Waals surface area contributed by atoms with Crippen molar-refractivity contribution in [2.45, 2.75) is 25.9 Å². The smallest absolute Gasteiger partial charge is 0.240 e. The van der Waals surface area contributed by atoms with Crippen molar-refractivity contribution >= 4 is 5.91 Å². The zero-order valence-corrected chi connectivity index (χ0v) is 11.5. The maximum absolute atomic E-state index is 12.2. The molecular weight excluding hydrogens is 256 g/mol. The molecule has 0 fully saturated rings. The highest BCUT2D eigenvalue weighted by atomic mass is 16.7. The van der Waals surface area contributed by atoms with Gasteiger partial charge in [0, 0.05) is 19.5 Å². The van der Waals surface area contributed by atoms with Crippen LogP contribution in [0, 0.1) is 12.3 Å². The van der Waals surface area contributed by atoms with Crippen molar-refractivity contribution in [3.05, 3.63) is 23.8 Å². The van der Waals surface area contributed by atoms with Gasteiger partial charge in [0.25, 0.3) is 0 Å². The fourth-order valence-electron chi connectivity index (χ4n) is 2.05. The molecule has 0 saturated heterocycles. The van der Waals surface area contributed by atoms with Gasteiger partial charge in [-0.3, -0.25) is 4.79 Å². The molecule has 1 aromatic carbocycles. The van der Waals surface area contributed by atoms with E-state index in [1.807, 2.05) is 25.1 Å². The number of hydrogen-bond donors (Lipinski definition) is 1. The van der Waals surface area contributed by atoms with Gasteiger partial charge >= 0.3 is 0 Å². The Morgan fingerprint density at radius 1 is 1.50 bits per heavy atom. The quantitative estimate of drug-likeness (QED) is 0.817. The summed E-state index contributed by atoms with van der Waals surface area (Å²) in [5, 5.41) is 0. The Morgan fingerprint density at radius 2 is 2.25 bits per heavy atom. The molecular formula is C15H18N2O3. The van der Waals surface area contributed by atoms with Gasteiger partial charge in [-0.25, -0.2) is 0 Å². The van der Waals surface area contributed by atoms with E-state index in [-0.39, 0.29) is 19.1 Å². The minimum absolute atomic E-state index is 0.136. The van der Waals surface area contributed by atoms with E-state index in [9.17, 15) is 4.79 Å². The third-order valence-corrected chi connectivity index (χ3v) is 3.16. The molecule has 1 aliphatic rings. The molecule has 1 unspecified atom stereocenters. The Hall–Kier alpha value is -2.19. The van der Waals surface area contributed by atoms with Gasteiger partial charge in [-0.2, -0.15) is 0 Å². The molecule has 5 heteroatoms. The third-order valence-electron chi connectivity index (χ3n) is 3.16. The van der Waals surface area contributed by atoms with E-state index in [4.69, 9.17) is 21.6 Å². The molecule has 1 heterocycles. The summed E-state index contributed by atoms with van der Waals surface area (Å²) < 4.78 is 10.6. The molecule has 2 N–H and O–H groups in total. The predicted molar refractivity (Wildman–Crippen MR) is 75.1 cm³/mol. The number of nitrogens with zero attached hydrogens (tertiary/aromatic N) is 1. The lowest BCUT2D eigenvalue weighted by molar-refractivity contribution is -0.132. The van der Waals surface area contributed by atoms with Gasteiger partial charge in [-0.1, -0.05) is 6.07 Å². The normalized spacial score (nSPS) is 13.7. The summed E-state index contributed by atoms with van der Waals surface area (Å²) in [6, 6.07) is 4.99. The third kappa shape index (κ3) is 3.03. The van der Waals surface area contributed by atoms with Gasteiger partial charge in [-0.05, 0) is 24.6 Å². The Bertz CT molecular complexity index is 536. The van der Waals surface area contributed by atoms with Crippen molar-refractivity contribution < 1.29 is 14.3 Å². The Kier molecular flexibility index (Phi) is 4.49. The Balaban J connectivity index is 2.06. The van der Waals surface area contributed by atoms with Gasteiger partial charge in [0.2, 0.25) is 12.7 Å². The molecule has 1 aromatic rings. The molecule has 106 valence electrons. The molecule has 0 saturated carbocycles. The van der Waals surface area contributed by atoms with Crippen molar-refractivity contribution in [3.63, 3.8) is 0 Å². The summed E-state index contributed by atoms with van der Waals surface area (Å²) in [6.45, 7) is 3.20. The number of carbonyl (C=O) groups excluding carboxylic acids is 1. The standard InChI is InChI=1S/C15H18N2O3/c1-3-5-12(16)15(18)17(4-2)9-11-6-7-13-14(8-11)20-10-19-13/h1,6-8,12H,4-5,9-10,16H2,2H3. The van der Waals surface area contributed by atoms with Crippen LogP contribution in [0.5, 0.6) is 11.5 Å². The molecule has 0 spiro atoms. The highest BCUT2D eigenvalue weighted by Gasteiger charge is 2.20. The average molecular weight is 274 g/mol. The molecule has 1 atom stereocenters. The number of fused-ring (bicyclic) bond motifs is 1. The lowest BCUT2D eigenvalue weighted by Gasteiger charge is -2.23. The van der Waals surface area contributed by atoms with Crippen LogP contribution in [0.1, 0.15) is 18.9 Å². The van der Waals surface area contributed by atoms with Crippen LogP contribution >= 0.6 is 0 Å². The number of rotatable bonds is 5. The number of carbonyl (C=O) groups is 1. The SMILES string of the molecule is C#CCC(N)C(=O)N(CC)Cc1ccc2c(c1)OCO2. The lowest BCUT2D eigenvalue weighted by Crippen LogP contribution is -2.43. The number of amides is 1. The minimum Gasteiger partial charge on any atom is -0.454 e. The maximum Gasteiger partial charge on any atom is 0.240 e. The van der Waals surface area contributed by atoms with E-state index in [2.05, 4.69) is 5.92 Å². The molecule has 2 rings (SSSR count). The van der Waals surface area contributed by atoms with Gasteiger partial charge in [0.05, 0.1) is 6.04 Å². The van der Waals surface area contributed by atoms with Crippen LogP contribution in [0.3, 0.4) is 0 Å². The molecule has 1 aliphatic heterocycles. The van der Waals surface area contributed by atoms with Crippen molar-refractivity contribution in [2.24, 2.45) is 5.73 Å². The van der Waals surface area contributed by atoms with Gasteiger partial charge in [0.1, 0.15) is 0 Å². The number of benzene rings is 1. The van der Waals surface area contributed by atoms with Gasteiger partial charge in [-0.15, -0.1) is 12.3 Å². The monoisotopic (exact) mass is 274 g/mol. The second kappa shape index (κ2) is 6.31. The average Bonchev–Trinajstić information content (AvgIpc) is 2.91. The summed E-state index contributed by atoms with van der Waals surface area (Å²) in [5.74, 6) is 3.72. The summed E-state index contributed by atoms with van der Waals surface area (Å²) in [6.07, 6.45) is 5.44. The largest absolute Gasteiger partial charge is 0.454 e. The van der Waals surface area contributed by atoms with Gasteiger partial charge in [0.15, 0.2) is 11.5 Å². The molecule has 0 aromatic heterocycles. The van der Waals surface area contributed by atoms with E-state index in [0.29, 0.717) is 18.8 Å². The van der Waals surface area contributed by atoms with Gasteiger partial charge < -0.3 is 20.1 Å². The van der Waals surface area contributed by atoms with Crippen LogP contribution in [-0.4, -0.2) is 30.2 Å². The second-order valence-electron chi connectivity index (χ2n) is 4.55. The number of hydrogen-bond acceptors (Lipinski definition) is 4. The molecule has 20 heavy (non-hydrogen) atoms. The van der Waals surface area contributed by atoms with Crippen LogP contribution in [-0.2, 0) is 11.3 Å². The van der Waals surface area contributed by atoms with Crippen LogP contribution in [0.4, 0.5) is 0 Å². The fourth-order valence-corrected chi connectivity index (χ4v) is 2.05. The molecule has 0 bridgehead atoms. The Morgan fingerprint density at radius 3 is 2.95 bits per heavy atom. The van der Waals surface area contributed by atoms with Crippen molar-refractivity contribution in [3.8, 4) is 23.8 Å². The summed E-state index contributed by atoms with van der Waals surface area (Å²) in [4.78, 5) is 13.8. The van der Waals surface area contributed by atoms with Crippen molar-refractivity contribution in [2.75, 3.05) is 13.3 Å². The van der Waals surface area contributed by atoms with Crippen LogP contribution in [0.2, 0.25) is 0 Å². The zero-order chi connectivity index (χ0) is 14.5. The fraction of sp³-hybridized carbons (Fsp3) is 0.400. The molecule has 0 aliphatic carbocycles. The number of nitrogens with two attached hydrogens (primary N) is 1. The zero-order valence-electron chi connectivity index (χ0n) is 11.5. The number of likely N-dealkylation sites (N-methyl/N-ethyl adjacent to an activating group) is 1. The summed E-state index contributed by atoms with van der Waals surface area (Å²) in [7, 11) is 0. The Labute approximate surface area is 118 Å². The van der Waals surface area contributed by atoms with Crippen molar-refractivity contribution in [1.29, 1.82) is 0 Å². The van der Waals surface area contributed by atoms with Crippen LogP contribution < -0.4 is 15.2 Å². The van der Waals surface area contributed by atoms with E-state index in [1.165, 1.54) is 0 Å². The summed E-state index contributed by atoms with van der Waals surface area (Å²) >= 11 is 0. The topological polar surface area (TPSA) is 64.8 Å². The van der Waals surface area contributed by atoms with E-state index < -0.39 is 6.04 Å². The first kappa shape index (κ1) is 14.2. The first-order valence-corrected chi connectivity index (χ1v) is 6.52. The second-order valence-corrected chi connectivity index (χ2v) is 4.55. The minimum atomic E-state index is -0.644. The highest BCUT2D eigenvalue weighted by molar-refractivity contribution is 5.82. The number of ether oxygens (including phenoxy) is 2.